The van der Waals surface area contributed by atoms with Crippen LogP contribution in [0.3, 0.4) is 0 Å². The highest BCUT2D eigenvalue weighted by molar-refractivity contribution is 4.88. The predicted octanol–water partition coefficient (Wildman–Crippen LogP) is 3.55. The molecule has 0 aromatic heterocycles. The molecular weight excluding hydrogens is 280 g/mol. The molecule has 1 N–H and O–H groups in total. The molecule has 3 atom stereocenters. The minimum atomic E-state index is -0.132. The van der Waals surface area contributed by atoms with Gasteiger partial charge in [-0.3, -0.25) is 0 Å². The summed E-state index contributed by atoms with van der Waals surface area (Å²) in [4.78, 5) is 0. The van der Waals surface area contributed by atoms with Crippen molar-refractivity contribution in [1.29, 1.82) is 0 Å². The minimum Gasteiger partial charge on any atom is -0.394 e. The van der Waals surface area contributed by atoms with Gasteiger partial charge in [0.05, 0.1) is 43.7 Å². The Labute approximate surface area is 136 Å². The van der Waals surface area contributed by atoms with Gasteiger partial charge in [0.2, 0.25) is 0 Å². The molecule has 1 saturated carbocycles. The summed E-state index contributed by atoms with van der Waals surface area (Å²) in [5.41, 5.74) is 0.0715. The molecular formula is C18H36O4. The van der Waals surface area contributed by atoms with Gasteiger partial charge < -0.3 is 19.3 Å². The summed E-state index contributed by atoms with van der Waals surface area (Å²) >= 11 is 0. The Kier molecular flexibility index (Phi) is 8.91. The fourth-order valence-corrected chi connectivity index (χ4v) is 3.29. The SMILES string of the molecule is CC(C)CC1(OC(C)COC(C)COC(C)CO)CCCC1. The van der Waals surface area contributed by atoms with Crippen molar-refractivity contribution < 1.29 is 19.3 Å². The zero-order chi connectivity index (χ0) is 16.6. The molecule has 0 bridgehead atoms. The van der Waals surface area contributed by atoms with E-state index in [-0.39, 0.29) is 30.5 Å². The number of hydrogen-bond donors (Lipinski definition) is 1. The summed E-state index contributed by atoms with van der Waals surface area (Å²) in [7, 11) is 0. The molecule has 0 amide bonds. The number of aliphatic hydroxyl groups is 1. The van der Waals surface area contributed by atoms with Gasteiger partial charge in [-0.25, -0.2) is 0 Å². The van der Waals surface area contributed by atoms with Gasteiger partial charge in [0.1, 0.15) is 0 Å². The molecule has 22 heavy (non-hydrogen) atoms. The highest BCUT2D eigenvalue weighted by Crippen LogP contribution is 2.39. The van der Waals surface area contributed by atoms with E-state index in [1.54, 1.807) is 0 Å². The summed E-state index contributed by atoms with van der Waals surface area (Å²) < 4.78 is 17.7. The molecule has 4 nitrogen and oxygen atoms in total. The second kappa shape index (κ2) is 9.86. The van der Waals surface area contributed by atoms with E-state index in [4.69, 9.17) is 19.3 Å². The number of rotatable bonds is 11. The van der Waals surface area contributed by atoms with Crippen LogP contribution < -0.4 is 0 Å². The maximum Gasteiger partial charge on any atom is 0.0788 e. The number of ether oxygens (including phenoxy) is 3. The molecule has 0 aliphatic heterocycles. The Balaban J connectivity index is 2.30. The topological polar surface area (TPSA) is 47.9 Å². The molecule has 0 spiro atoms. The third-order valence-corrected chi connectivity index (χ3v) is 4.23. The summed E-state index contributed by atoms with van der Waals surface area (Å²) in [5.74, 6) is 0.665. The lowest BCUT2D eigenvalue weighted by molar-refractivity contribution is -0.132. The first-order valence-corrected chi connectivity index (χ1v) is 8.89. The van der Waals surface area contributed by atoms with Crippen molar-refractivity contribution in [3.8, 4) is 0 Å². The quantitative estimate of drug-likeness (QED) is 0.633. The van der Waals surface area contributed by atoms with Crippen molar-refractivity contribution in [2.75, 3.05) is 19.8 Å². The first kappa shape index (κ1) is 19.9. The fraction of sp³-hybridized carbons (Fsp3) is 1.00. The van der Waals surface area contributed by atoms with Crippen molar-refractivity contribution in [3.05, 3.63) is 0 Å². The van der Waals surface area contributed by atoms with Crippen LogP contribution in [-0.4, -0.2) is 48.8 Å². The van der Waals surface area contributed by atoms with Crippen LogP contribution in [0.25, 0.3) is 0 Å². The predicted molar refractivity (Wildman–Crippen MR) is 89.1 cm³/mol. The summed E-state index contributed by atoms with van der Waals surface area (Å²) in [5, 5.41) is 8.94. The summed E-state index contributed by atoms with van der Waals surface area (Å²) in [6.07, 6.45) is 6.06. The van der Waals surface area contributed by atoms with Gasteiger partial charge in [0.25, 0.3) is 0 Å². The van der Waals surface area contributed by atoms with Gasteiger partial charge in [0, 0.05) is 0 Å². The highest BCUT2D eigenvalue weighted by Gasteiger charge is 2.36. The molecule has 1 rings (SSSR count). The van der Waals surface area contributed by atoms with Gasteiger partial charge in [-0.05, 0) is 46.0 Å². The normalized spacial score (nSPS) is 22.0. The zero-order valence-corrected chi connectivity index (χ0v) is 15.1. The van der Waals surface area contributed by atoms with Crippen molar-refractivity contribution >= 4 is 0 Å². The smallest absolute Gasteiger partial charge is 0.0788 e. The molecule has 0 radical (unpaired) electrons. The maximum atomic E-state index is 8.94. The van der Waals surface area contributed by atoms with E-state index in [0.29, 0.717) is 19.1 Å². The van der Waals surface area contributed by atoms with Gasteiger partial charge in [-0.1, -0.05) is 26.7 Å². The van der Waals surface area contributed by atoms with Crippen molar-refractivity contribution in [2.45, 2.75) is 90.6 Å². The van der Waals surface area contributed by atoms with Crippen molar-refractivity contribution in [1.82, 2.24) is 0 Å². The maximum absolute atomic E-state index is 8.94. The van der Waals surface area contributed by atoms with Gasteiger partial charge in [-0.2, -0.15) is 0 Å². The molecule has 1 fully saturated rings. The Bertz CT molecular complexity index is 287. The molecule has 132 valence electrons. The van der Waals surface area contributed by atoms with Crippen LogP contribution in [0.5, 0.6) is 0 Å². The van der Waals surface area contributed by atoms with E-state index in [1.807, 2.05) is 13.8 Å². The fourth-order valence-electron chi connectivity index (χ4n) is 3.29. The third-order valence-electron chi connectivity index (χ3n) is 4.23. The lowest BCUT2D eigenvalue weighted by Gasteiger charge is -2.34. The average Bonchev–Trinajstić information content (AvgIpc) is 2.89. The molecule has 0 aromatic rings. The lowest BCUT2D eigenvalue weighted by atomic mass is 9.90. The average molecular weight is 316 g/mol. The Morgan fingerprint density at radius 2 is 1.41 bits per heavy atom. The van der Waals surface area contributed by atoms with Gasteiger partial charge in [0.15, 0.2) is 0 Å². The molecule has 1 aliphatic rings. The van der Waals surface area contributed by atoms with Crippen LogP contribution in [-0.2, 0) is 14.2 Å². The van der Waals surface area contributed by atoms with E-state index in [2.05, 4.69) is 20.8 Å². The first-order chi connectivity index (χ1) is 10.4. The van der Waals surface area contributed by atoms with Crippen LogP contribution >= 0.6 is 0 Å². The zero-order valence-electron chi connectivity index (χ0n) is 15.1. The van der Waals surface area contributed by atoms with Gasteiger partial charge >= 0.3 is 0 Å². The highest BCUT2D eigenvalue weighted by atomic mass is 16.6. The second-order valence-corrected chi connectivity index (χ2v) is 7.39. The van der Waals surface area contributed by atoms with E-state index >= 15 is 0 Å². The van der Waals surface area contributed by atoms with E-state index < -0.39 is 0 Å². The van der Waals surface area contributed by atoms with E-state index in [1.165, 1.54) is 25.7 Å². The Morgan fingerprint density at radius 1 is 0.864 bits per heavy atom. The van der Waals surface area contributed by atoms with Crippen molar-refractivity contribution in [3.63, 3.8) is 0 Å². The summed E-state index contributed by atoms with van der Waals surface area (Å²) in [6, 6.07) is 0. The van der Waals surface area contributed by atoms with Gasteiger partial charge in [-0.15, -0.1) is 0 Å². The Hall–Kier alpha value is -0.160. The van der Waals surface area contributed by atoms with Crippen LogP contribution in [0.4, 0.5) is 0 Å². The second-order valence-electron chi connectivity index (χ2n) is 7.39. The molecule has 0 saturated heterocycles. The Morgan fingerprint density at radius 3 is 1.95 bits per heavy atom. The largest absolute Gasteiger partial charge is 0.394 e. The number of aliphatic hydroxyl groups excluding tert-OH is 1. The molecule has 0 aromatic carbocycles. The van der Waals surface area contributed by atoms with Crippen LogP contribution in [0.2, 0.25) is 0 Å². The first-order valence-electron chi connectivity index (χ1n) is 8.89. The molecule has 4 heteroatoms. The number of hydrogen-bond acceptors (Lipinski definition) is 4. The molecule has 0 heterocycles. The van der Waals surface area contributed by atoms with E-state index in [9.17, 15) is 0 Å². The monoisotopic (exact) mass is 316 g/mol. The minimum absolute atomic E-state index is 0.0182. The van der Waals surface area contributed by atoms with Crippen molar-refractivity contribution in [2.24, 2.45) is 5.92 Å². The lowest BCUT2D eigenvalue weighted by Crippen LogP contribution is -2.37. The van der Waals surface area contributed by atoms with E-state index in [0.717, 1.165) is 6.42 Å². The van der Waals surface area contributed by atoms with Crippen LogP contribution in [0.1, 0.15) is 66.7 Å². The summed E-state index contributed by atoms with van der Waals surface area (Å²) in [6.45, 7) is 11.6. The standard InChI is InChI=1S/C18H36O4/c1-14(2)10-18(8-6-7-9-18)22-17(5)13-21-16(4)12-20-15(3)11-19/h14-17,19H,6-13H2,1-5H3. The van der Waals surface area contributed by atoms with Crippen LogP contribution in [0, 0.1) is 5.92 Å². The molecule has 3 unspecified atom stereocenters. The third kappa shape index (κ3) is 7.40. The molecule has 1 aliphatic carbocycles. The van der Waals surface area contributed by atoms with Crippen LogP contribution in [0.15, 0.2) is 0 Å².